The van der Waals surface area contributed by atoms with E-state index in [-0.39, 0.29) is 5.91 Å². The summed E-state index contributed by atoms with van der Waals surface area (Å²) in [5.74, 6) is 1.78. The Labute approximate surface area is 163 Å². The standard InChI is InChI=1S/C22H22N2O4/c1-14-21(15(2)28-24-14)23-22(25)20(17-7-11-19(27-4)12-8-17)13-16-5-9-18(26-3)10-6-16/h5-13H,1-4H3,(H,23,25)/b20-13+. The molecule has 0 atom stereocenters. The highest BCUT2D eigenvalue weighted by Gasteiger charge is 2.17. The predicted molar refractivity (Wildman–Crippen MR) is 108 cm³/mol. The van der Waals surface area contributed by atoms with Gasteiger partial charge in [-0.2, -0.15) is 0 Å². The van der Waals surface area contributed by atoms with Crippen LogP contribution in [0.15, 0.2) is 53.1 Å². The smallest absolute Gasteiger partial charge is 0.256 e. The minimum absolute atomic E-state index is 0.254. The van der Waals surface area contributed by atoms with E-state index in [4.69, 9.17) is 14.0 Å². The average Bonchev–Trinajstić information content (AvgIpc) is 3.04. The van der Waals surface area contributed by atoms with E-state index < -0.39 is 0 Å². The lowest BCUT2D eigenvalue weighted by molar-refractivity contribution is -0.111. The third kappa shape index (κ3) is 4.23. The number of hydrogen-bond acceptors (Lipinski definition) is 5. The number of carbonyl (C=O) groups is 1. The van der Waals surface area contributed by atoms with Crippen molar-refractivity contribution in [3.05, 3.63) is 71.1 Å². The van der Waals surface area contributed by atoms with Gasteiger partial charge in [0.15, 0.2) is 5.76 Å². The molecule has 1 aromatic heterocycles. The molecule has 0 saturated carbocycles. The molecule has 6 nitrogen and oxygen atoms in total. The minimum Gasteiger partial charge on any atom is -0.497 e. The predicted octanol–water partition coefficient (Wildman–Crippen LogP) is 4.49. The molecular formula is C22H22N2O4. The maximum atomic E-state index is 13.1. The van der Waals surface area contributed by atoms with Gasteiger partial charge in [0.25, 0.3) is 5.91 Å². The number of amides is 1. The Hall–Kier alpha value is -3.54. The molecule has 28 heavy (non-hydrogen) atoms. The molecule has 1 N–H and O–H groups in total. The van der Waals surface area contributed by atoms with Crippen molar-refractivity contribution in [3.63, 3.8) is 0 Å². The van der Waals surface area contributed by atoms with E-state index >= 15 is 0 Å². The number of ether oxygens (including phenoxy) is 2. The molecule has 0 aliphatic rings. The van der Waals surface area contributed by atoms with Crippen molar-refractivity contribution in [2.24, 2.45) is 0 Å². The number of methoxy groups -OCH3 is 2. The first-order valence-electron chi connectivity index (χ1n) is 8.76. The number of benzene rings is 2. The molecule has 0 spiro atoms. The van der Waals surface area contributed by atoms with Crippen molar-refractivity contribution < 1.29 is 18.8 Å². The molecular weight excluding hydrogens is 356 g/mol. The Morgan fingerprint density at radius 3 is 2.04 bits per heavy atom. The average molecular weight is 378 g/mol. The Bertz CT molecular complexity index is 967. The first-order chi connectivity index (χ1) is 13.5. The number of nitrogens with one attached hydrogen (secondary N) is 1. The summed E-state index contributed by atoms with van der Waals surface area (Å²) in [5.41, 5.74) is 3.36. The number of anilines is 1. The maximum absolute atomic E-state index is 13.1. The monoisotopic (exact) mass is 378 g/mol. The van der Waals surface area contributed by atoms with Gasteiger partial charge in [-0.15, -0.1) is 0 Å². The summed E-state index contributed by atoms with van der Waals surface area (Å²) in [4.78, 5) is 13.1. The fraction of sp³-hybridized carbons (Fsp3) is 0.182. The van der Waals surface area contributed by atoms with Crippen LogP contribution in [-0.2, 0) is 4.79 Å². The minimum atomic E-state index is -0.254. The molecule has 0 bridgehead atoms. The molecule has 0 aliphatic carbocycles. The molecule has 0 saturated heterocycles. The van der Waals surface area contributed by atoms with Crippen molar-refractivity contribution in [1.82, 2.24) is 5.16 Å². The van der Waals surface area contributed by atoms with Gasteiger partial charge in [-0.1, -0.05) is 29.4 Å². The number of rotatable bonds is 6. The Kier molecular flexibility index (Phi) is 5.79. The van der Waals surface area contributed by atoms with Crippen LogP contribution in [-0.4, -0.2) is 25.3 Å². The molecule has 2 aromatic carbocycles. The van der Waals surface area contributed by atoms with Gasteiger partial charge < -0.3 is 19.3 Å². The SMILES string of the molecule is COc1ccc(/C=C(/C(=O)Nc2c(C)noc2C)c2ccc(OC)cc2)cc1. The van der Waals surface area contributed by atoms with Crippen LogP contribution in [0.25, 0.3) is 11.6 Å². The summed E-state index contributed by atoms with van der Waals surface area (Å²) in [6.45, 7) is 3.54. The lowest BCUT2D eigenvalue weighted by Gasteiger charge is -2.10. The molecule has 1 heterocycles. The summed E-state index contributed by atoms with van der Waals surface area (Å²) < 4.78 is 15.6. The normalized spacial score (nSPS) is 11.2. The van der Waals surface area contributed by atoms with Crippen molar-refractivity contribution in [2.75, 3.05) is 19.5 Å². The van der Waals surface area contributed by atoms with E-state index in [1.807, 2.05) is 54.6 Å². The van der Waals surface area contributed by atoms with Crippen molar-refractivity contribution in [1.29, 1.82) is 0 Å². The van der Waals surface area contributed by atoms with Crippen LogP contribution in [0.2, 0.25) is 0 Å². The molecule has 1 amide bonds. The van der Waals surface area contributed by atoms with Crippen LogP contribution < -0.4 is 14.8 Å². The van der Waals surface area contributed by atoms with Crippen LogP contribution in [0.4, 0.5) is 5.69 Å². The second-order valence-electron chi connectivity index (χ2n) is 6.21. The van der Waals surface area contributed by atoms with Crippen molar-refractivity contribution in [2.45, 2.75) is 13.8 Å². The Morgan fingerprint density at radius 2 is 1.54 bits per heavy atom. The second kappa shape index (κ2) is 8.43. The summed E-state index contributed by atoms with van der Waals surface area (Å²) >= 11 is 0. The van der Waals surface area contributed by atoms with E-state index in [0.29, 0.717) is 22.7 Å². The van der Waals surface area contributed by atoms with Crippen LogP contribution in [0.5, 0.6) is 11.5 Å². The van der Waals surface area contributed by atoms with Gasteiger partial charge in [0.05, 0.1) is 14.2 Å². The number of nitrogens with zero attached hydrogens (tertiary/aromatic N) is 1. The zero-order chi connectivity index (χ0) is 20.1. The molecule has 0 fully saturated rings. The van der Waals surface area contributed by atoms with Gasteiger partial charge in [-0.05, 0) is 55.3 Å². The molecule has 0 aliphatic heterocycles. The van der Waals surface area contributed by atoms with Crippen molar-refractivity contribution >= 4 is 23.2 Å². The van der Waals surface area contributed by atoms with Gasteiger partial charge in [0.2, 0.25) is 0 Å². The number of aromatic nitrogens is 1. The van der Waals surface area contributed by atoms with E-state index in [2.05, 4.69) is 10.5 Å². The molecule has 144 valence electrons. The highest BCUT2D eigenvalue weighted by Crippen LogP contribution is 2.26. The summed E-state index contributed by atoms with van der Waals surface area (Å²) in [6, 6.07) is 14.8. The number of hydrogen-bond donors (Lipinski definition) is 1. The van der Waals surface area contributed by atoms with Gasteiger partial charge in [0, 0.05) is 5.57 Å². The van der Waals surface area contributed by atoms with Crippen LogP contribution in [0, 0.1) is 13.8 Å². The van der Waals surface area contributed by atoms with E-state index in [1.165, 1.54) is 0 Å². The van der Waals surface area contributed by atoms with Gasteiger partial charge >= 0.3 is 0 Å². The highest BCUT2D eigenvalue weighted by molar-refractivity contribution is 6.29. The van der Waals surface area contributed by atoms with E-state index in [0.717, 1.165) is 22.6 Å². The van der Waals surface area contributed by atoms with Gasteiger partial charge in [-0.3, -0.25) is 4.79 Å². The second-order valence-corrected chi connectivity index (χ2v) is 6.21. The first kappa shape index (κ1) is 19.2. The molecule has 0 radical (unpaired) electrons. The topological polar surface area (TPSA) is 73.6 Å². The Balaban J connectivity index is 1.99. The van der Waals surface area contributed by atoms with Crippen LogP contribution in [0.3, 0.4) is 0 Å². The molecule has 0 unspecified atom stereocenters. The third-order valence-electron chi connectivity index (χ3n) is 4.34. The Morgan fingerprint density at radius 1 is 0.964 bits per heavy atom. The van der Waals surface area contributed by atoms with Crippen LogP contribution in [0.1, 0.15) is 22.6 Å². The number of carbonyl (C=O) groups excluding carboxylic acids is 1. The first-order valence-corrected chi connectivity index (χ1v) is 8.76. The summed E-state index contributed by atoms with van der Waals surface area (Å²) in [6.07, 6.45) is 1.83. The largest absolute Gasteiger partial charge is 0.497 e. The van der Waals surface area contributed by atoms with E-state index in [1.54, 1.807) is 28.1 Å². The fourth-order valence-electron chi connectivity index (χ4n) is 2.76. The molecule has 6 heteroatoms. The van der Waals surface area contributed by atoms with Crippen molar-refractivity contribution in [3.8, 4) is 11.5 Å². The lowest BCUT2D eigenvalue weighted by atomic mass is 10.0. The molecule has 3 rings (SSSR count). The fourth-order valence-corrected chi connectivity index (χ4v) is 2.76. The van der Waals surface area contributed by atoms with Gasteiger partial charge in [0.1, 0.15) is 22.9 Å². The zero-order valence-electron chi connectivity index (χ0n) is 16.3. The summed E-state index contributed by atoms with van der Waals surface area (Å²) in [5, 5.41) is 6.80. The lowest BCUT2D eigenvalue weighted by Crippen LogP contribution is -2.14. The maximum Gasteiger partial charge on any atom is 0.256 e. The van der Waals surface area contributed by atoms with E-state index in [9.17, 15) is 4.79 Å². The quantitative estimate of drug-likeness (QED) is 0.505. The summed E-state index contributed by atoms with van der Waals surface area (Å²) in [7, 11) is 3.22. The van der Waals surface area contributed by atoms with Gasteiger partial charge in [-0.25, -0.2) is 0 Å². The zero-order valence-corrected chi connectivity index (χ0v) is 16.3. The highest BCUT2D eigenvalue weighted by atomic mass is 16.5. The molecule has 3 aromatic rings. The van der Waals surface area contributed by atoms with Crippen LogP contribution >= 0.6 is 0 Å². The third-order valence-corrected chi connectivity index (χ3v) is 4.34. The number of aryl methyl sites for hydroxylation is 2.